The van der Waals surface area contributed by atoms with Crippen LogP contribution in [0.15, 0.2) is 60.8 Å². The van der Waals surface area contributed by atoms with Crippen molar-refractivity contribution >= 4 is 40.4 Å². The first-order valence-electron chi connectivity index (χ1n) is 10.2. The van der Waals surface area contributed by atoms with E-state index in [-0.39, 0.29) is 5.78 Å². The van der Waals surface area contributed by atoms with Crippen LogP contribution in [-0.4, -0.2) is 45.6 Å². The van der Waals surface area contributed by atoms with Gasteiger partial charge in [0.05, 0.1) is 22.9 Å². The van der Waals surface area contributed by atoms with Crippen LogP contribution < -0.4 is 5.32 Å². The van der Waals surface area contributed by atoms with E-state index in [1.165, 1.54) is 6.08 Å². The van der Waals surface area contributed by atoms with E-state index in [2.05, 4.69) is 15.3 Å². The molecular formula is C24H22N4O3. The first-order valence-corrected chi connectivity index (χ1v) is 10.2. The first-order chi connectivity index (χ1) is 15.1. The Hall–Kier alpha value is -3.87. The second kappa shape index (κ2) is 9.30. The van der Waals surface area contributed by atoms with E-state index < -0.39 is 11.8 Å². The highest BCUT2D eigenvalue weighted by atomic mass is 16.2. The summed E-state index contributed by atoms with van der Waals surface area (Å²) in [4.78, 5) is 47.2. The molecule has 1 saturated heterocycles. The Morgan fingerprint density at radius 2 is 1.61 bits per heavy atom. The lowest BCUT2D eigenvalue weighted by Crippen LogP contribution is -2.42. The first kappa shape index (κ1) is 20.4. The molecule has 0 bridgehead atoms. The van der Waals surface area contributed by atoms with E-state index >= 15 is 0 Å². The fourth-order valence-corrected chi connectivity index (χ4v) is 3.45. The fourth-order valence-electron chi connectivity index (χ4n) is 3.45. The molecule has 0 aliphatic carbocycles. The lowest BCUT2D eigenvalue weighted by atomic mass is 10.1. The van der Waals surface area contributed by atoms with Gasteiger partial charge < -0.3 is 10.2 Å². The Morgan fingerprint density at radius 3 is 2.35 bits per heavy atom. The molecule has 156 valence electrons. The summed E-state index contributed by atoms with van der Waals surface area (Å²) in [6.45, 7) is 1.24. The zero-order valence-corrected chi connectivity index (χ0v) is 17.0. The molecule has 7 heteroatoms. The number of amides is 2. The van der Waals surface area contributed by atoms with E-state index in [1.807, 2.05) is 24.3 Å². The summed E-state index contributed by atoms with van der Waals surface area (Å²) in [7, 11) is 0. The number of benzene rings is 2. The normalized spacial score (nSPS) is 14.0. The molecule has 2 aromatic carbocycles. The lowest BCUT2D eigenvalue weighted by molar-refractivity contribution is -0.143. The van der Waals surface area contributed by atoms with Gasteiger partial charge >= 0.3 is 11.8 Å². The van der Waals surface area contributed by atoms with E-state index in [4.69, 9.17) is 0 Å². The Bertz CT molecular complexity index is 1150. The molecule has 1 N–H and O–H groups in total. The van der Waals surface area contributed by atoms with Gasteiger partial charge in [0.25, 0.3) is 0 Å². The van der Waals surface area contributed by atoms with Crippen LogP contribution in [0.25, 0.3) is 17.1 Å². The molecule has 4 rings (SSSR count). The van der Waals surface area contributed by atoms with Gasteiger partial charge in [-0.25, -0.2) is 4.98 Å². The molecule has 2 amide bonds. The van der Waals surface area contributed by atoms with Crippen LogP contribution in [0, 0.1) is 0 Å². The largest absolute Gasteiger partial charge is 0.334 e. The van der Waals surface area contributed by atoms with Crippen LogP contribution in [0.4, 0.5) is 5.69 Å². The van der Waals surface area contributed by atoms with Crippen LogP contribution in [0.1, 0.15) is 35.3 Å². The molecule has 1 aromatic heterocycles. The van der Waals surface area contributed by atoms with Crippen molar-refractivity contribution in [2.75, 3.05) is 18.4 Å². The fraction of sp³-hybridized carbons (Fsp3) is 0.208. The summed E-state index contributed by atoms with van der Waals surface area (Å²) in [5.41, 5.74) is 3.08. The third-order valence-corrected chi connectivity index (χ3v) is 5.14. The van der Waals surface area contributed by atoms with Gasteiger partial charge in [-0.1, -0.05) is 12.1 Å². The van der Waals surface area contributed by atoms with Crippen molar-refractivity contribution in [1.82, 2.24) is 14.9 Å². The Labute approximate surface area is 179 Å². The zero-order valence-electron chi connectivity index (χ0n) is 17.0. The number of carbonyl (C=O) groups is 3. The van der Waals surface area contributed by atoms with Gasteiger partial charge in [0.15, 0.2) is 5.78 Å². The number of piperidine rings is 1. The minimum absolute atomic E-state index is 0.197. The van der Waals surface area contributed by atoms with E-state index in [9.17, 15) is 14.4 Å². The van der Waals surface area contributed by atoms with Crippen molar-refractivity contribution in [2.45, 2.75) is 19.3 Å². The average Bonchev–Trinajstić information content (AvgIpc) is 2.83. The topological polar surface area (TPSA) is 92.3 Å². The van der Waals surface area contributed by atoms with Crippen molar-refractivity contribution in [1.29, 1.82) is 0 Å². The van der Waals surface area contributed by atoms with Gasteiger partial charge in [0.2, 0.25) is 0 Å². The molecule has 0 saturated carbocycles. The lowest BCUT2D eigenvalue weighted by Gasteiger charge is -2.25. The number of rotatable bonds is 4. The second-order valence-corrected chi connectivity index (χ2v) is 7.37. The number of allylic oxidation sites excluding steroid dienone is 1. The molecule has 7 nitrogen and oxygen atoms in total. The maximum Gasteiger partial charge on any atom is 0.313 e. The monoisotopic (exact) mass is 414 g/mol. The van der Waals surface area contributed by atoms with Crippen molar-refractivity contribution < 1.29 is 14.4 Å². The molecule has 0 radical (unpaired) electrons. The van der Waals surface area contributed by atoms with Crippen molar-refractivity contribution in [3.8, 4) is 0 Å². The highest BCUT2D eigenvalue weighted by Crippen LogP contribution is 2.14. The molecular weight excluding hydrogens is 392 g/mol. The maximum atomic E-state index is 12.4. The van der Waals surface area contributed by atoms with Crippen molar-refractivity contribution in [2.24, 2.45) is 0 Å². The quantitative estimate of drug-likeness (QED) is 0.401. The number of aromatic nitrogens is 2. The number of fused-ring (bicyclic) bond motifs is 1. The molecule has 1 aliphatic heterocycles. The van der Waals surface area contributed by atoms with Crippen LogP contribution in [-0.2, 0) is 9.59 Å². The van der Waals surface area contributed by atoms with Gasteiger partial charge in [-0.3, -0.25) is 19.4 Å². The predicted octanol–water partition coefficient (Wildman–Crippen LogP) is 3.48. The second-order valence-electron chi connectivity index (χ2n) is 7.37. The number of nitrogens with one attached hydrogen (secondary N) is 1. The summed E-state index contributed by atoms with van der Waals surface area (Å²) in [6, 6.07) is 14.0. The predicted molar refractivity (Wildman–Crippen MR) is 118 cm³/mol. The zero-order chi connectivity index (χ0) is 21.6. The van der Waals surface area contributed by atoms with Gasteiger partial charge in [-0.2, -0.15) is 0 Å². The third kappa shape index (κ3) is 5.01. The Morgan fingerprint density at radius 1 is 0.903 bits per heavy atom. The molecule has 0 atom stereocenters. The number of hydrogen-bond donors (Lipinski definition) is 1. The van der Waals surface area contributed by atoms with Crippen LogP contribution in [0.5, 0.6) is 0 Å². The number of carbonyl (C=O) groups excluding carboxylic acids is 3. The highest BCUT2D eigenvalue weighted by molar-refractivity contribution is 6.39. The van der Waals surface area contributed by atoms with E-state index in [0.717, 1.165) is 30.3 Å². The van der Waals surface area contributed by atoms with Gasteiger partial charge in [-0.15, -0.1) is 0 Å². The number of likely N-dealkylation sites (tertiary alicyclic amines) is 1. The summed E-state index contributed by atoms with van der Waals surface area (Å²) in [5, 5.41) is 2.60. The summed E-state index contributed by atoms with van der Waals surface area (Å²) in [6.07, 6.45) is 7.61. The standard InChI is InChI=1S/C24H22N4O3/c29-22(13-12-19-16-25-20-6-2-3-7-21(20)26-19)17-8-10-18(11-9-17)27-23(30)24(31)28-14-4-1-5-15-28/h2-3,6-13,16H,1,4-5,14-15H2,(H,27,30). The number of nitrogens with zero attached hydrogens (tertiary/aromatic N) is 3. The SMILES string of the molecule is O=C(Nc1ccc(C(=O)C=Cc2cnc3ccccc3n2)cc1)C(=O)N1CCCCC1. The molecule has 31 heavy (non-hydrogen) atoms. The maximum absolute atomic E-state index is 12.4. The molecule has 0 spiro atoms. The van der Waals surface area contributed by atoms with Crippen LogP contribution in [0.3, 0.4) is 0 Å². The molecule has 0 unspecified atom stereocenters. The van der Waals surface area contributed by atoms with Crippen LogP contribution >= 0.6 is 0 Å². The van der Waals surface area contributed by atoms with Gasteiger partial charge in [-0.05, 0) is 67.8 Å². The summed E-state index contributed by atoms with van der Waals surface area (Å²) < 4.78 is 0. The molecule has 2 heterocycles. The number of para-hydroxylation sites is 2. The Kier molecular flexibility index (Phi) is 6.12. The molecule has 3 aromatic rings. The number of hydrogen-bond acceptors (Lipinski definition) is 5. The Balaban J connectivity index is 1.37. The van der Waals surface area contributed by atoms with E-state index in [1.54, 1.807) is 41.4 Å². The average molecular weight is 414 g/mol. The molecule has 1 fully saturated rings. The van der Waals surface area contributed by atoms with Gasteiger partial charge in [0, 0.05) is 24.3 Å². The van der Waals surface area contributed by atoms with E-state index in [0.29, 0.717) is 30.0 Å². The smallest absolute Gasteiger partial charge is 0.313 e. The minimum Gasteiger partial charge on any atom is -0.334 e. The van der Waals surface area contributed by atoms with Gasteiger partial charge in [0.1, 0.15) is 0 Å². The number of anilines is 1. The summed E-state index contributed by atoms with van der Waals surface area (Å²) in [5.74, 6) is -1.37. The van der Waals surface area contributed by atoms with Crippen molar-refractivity contribution in [3.05, 3.63) is 72.1 Å². The minimum atomic E-state index is -0.657. The third-order valence-electron chi connectivity index (χ3n) is 5.14. The molecule has 1 aliphatic rings. The number of ketones is 1. The summed E-state index contributed by atoms with van der Waals surface area (Å²) >= 11 is 0. The van der Waals surface area contributed by atoms with Crippen LogP contribution in [0.2, 0.25) is 0 Å². The van der Waals surface area contributed by atoms with Crippen molar-refractivity contribution in [3.63, 3.8) is 0 Å². The highest BCUT2D eigenvalue weighted by Gasteiger charge is 2.23.